The number of aromatic nitrogens is 1. The Morgan fingerprint density at radius 1 is 1.13 bits per heavy atom. The number of allylic oxidation sites excluding steroid dienone is 4. The van der Waals surface area contributed by atoms with E-state index in [0.29, 0.717) is 26.2 Å². The summed E-state index contributed by atoms with van der Waals surface area (Å²) in [5.41, 5.74) is 3.97. The molecule has 1 aromatic heterocycles. The van der Waals surface area contributed by atoms with Crippen molar-refractivity contribution in [3.8, 4) is 5.75 Å². The number of anilines is 1. The SMILES string of the molecule is C\C=C/C(Br)=C\C(=C\CC)CNCc1cc2ccc(N3CCOCC3)cc2n(CCOc2ccccc2)c1=O. The molecule has 0 amide bonds. The van der Waals surface area contributed by atoms with Gasteiger partial charge in [-0.3, -0.25) is 4.79 Å². The van der Waals surface area contributed by atoms with Crippen molar-refractivity contribution >= 4 is 32.5 Å². The van der Waals surface area contributed by atoms with Crippen LogP contribution in [-0.4, -0.2) is 44.0 Å². The lowest BCUT2D eigenvalue weighted by Gasteiger charge is -2.29. The van der Waals surface area contributed by atoms with Crippen LogP contribution in [0.2, 0.25) is 0 Å². The number of ether oxygens (including phenoxy) is 2. The third kappa shape index (κ3) is 8.18. The third-order valence-electron chi connectivity index (χ3n) is 6.62. The summed E-state index contributed by atoms with van der Waals surface area (Å²) in [4.78, 5) is 16.1. The minimum absolute atomic E-state index is 0.0115. The molecule has 1 fully saturated rings. The lowest BCUT2D eigenvalue weighted by Crippen LogP contribution is -2.36. The zero-order valence-corrected chi connectivity index (χ0v) is 24.5. The number of nitrogens with zero attached hydrogens (tertiary/aromatic N) is 2. The van der Waals surface area contributed by atoms with Crippen molar-refractivity contribution < 1.29 is 9.47 Å². The van der Waals surface area contributed by atoms with Gasteiger partial charge in [0.05, 0.1) is 25.3 Å². The Kier molecular flexibility index (Phi) is 11.0. The lowest BCUT2D eigenvalue weighted by atomic mass is 10.1. The predicted molar refractivity (Wildman–Crippen MR) is 165 cm³/mol. The van der Waals surface area contributed by atoms with E-state index in [-0.39, 0.29) is 5.56 Å². The number of rotatable bonds is 12. The fourth-order valence-corrected chi connectivity index (χ4v) is 5.29. The number of benzene rings is 2. The second-order valence-corrected chi connectivity index (χ2v) is 10.4. The van der Waals surface area contributed by atoms with Crippen molar-refractivity contribution in [3.63, 3.8) is 0 Å². The standard InChI is InChI=1S/C32H38BrN3O3/c1-3-8-25(20-28(33)9-4-2)23-34-24-27-21-26-12-13-29(35-14-17-38-18-15-35)22-31(26)36(32(27)37)16-19-39-30-10-6-5-7-11-30/h4-13,20-22,34H,3,14-19,23-24H2,1-2H3/b9-4-,25-8-,28-20+. The van der Waals surface area contributed by atoms with Gasteiger partial charge in [-0.1, -0.05) is 65.3 Å². The smallest absolute Gasteiger partial charge is 0.255 e. The first kappa shape index (κ1) is 28.9. The molecule has 1 saturated heterocycles. The molecule has 0 spiro atoms. The molecule has 1 aliphatic rings. The van der Waals surface area contributed by atoms with Gasteiger partial charge in [0, 0.05) is 41.9 Å². The summed E-state index contributed by atoms with van der Waals surface area (Å²) in [6.07, 6.45) is 9.28. The summed E-state index contributed by atoms with van der Waals surface area (Å²) in [5, 5.41) is 4.53. The topological polar surface area (TPSA) is 55.7 Å². The number of pyridine rings is 1. The van der Waals surface area contributed by atoms with Gasteiger partial charge in [-0.05, 0) is 60.7 Å². The molecule has 0 radical (unpaired) electrons. The molecule has 206 valence electrons. The van der Waals surface area contributed by atoms with Crippen LogP contribution in [0.25, 0.3) is 10.9 Å². The molecule has 2 aromatic carbocycles. The molecule has 0 saturated carbocycles. The van der Waals surface area contributed by atoms with Gasteiger partial charge in [-0.15, -0.1) is 0 Å². The van der Waals surface area contributed by atoms with Gasteiger partial charge in [0.15, 0.2) is 0 Å². The van der Waals surface area contributed by atoms with Crippen LogP contribution in [0.15, 0.2) is 93.8 Å². The Hall–Kier alpha value is -3.13. The van der Waals surface area contributed by atoms with Crippen molar-refractivity contribution in [1.29, 1.82) is 0 Å². The number of morpholine rings is 1. The van der Waals surface area contributed by atoms with Gasteiger partial charge in [-0.25, -0.2) is 0 Å². The first-order valence-electron chi connectivity index (χ1n) is 13.7. The first-order chi connectivity index (χ1) is 19.1. The molecule has 4 rings (SSSR count). The Morgan fingerprint density at radius 2 is 1.92 bits per heavy atom. The number of fused-ring (bicyclic) bond motifs is 1. The normalized spacial score (nSPS) is 14.9. The molecule has 7 heteroatoms. The number of hydrogen-bond donors (Lipinski definition) is 1. The molecule has 6 nitrogen and oxygen atoms in total. The Bertz CT molecular complexity index is 1370. The maximum atomic E-state index is 13.8. The van der Waals surface area contributed by atoms with Gasteiger partial charge in [0.25, 0.3) is 5.56 Å². The van der Waals surface area contributed by atoms with Crippen molar-refractivity contribution in [2.75, 3.05) is 44.4 Å². The maximum absolute atomic E-state index is 13.8. The van der Waals surface area contributed by atoms with Crippen molar-refractivity contribution in [2.24, 2.45) is 0 Å². The summed E-state index contributed by atoms with van der Waals surface area (Å²) in [5.74, 6) is 0.800. The van der Waals surface area contributed by atoms with Gasteiger partial charge in [0.1, 0.15) is 12.4 Å². The van der Waals surface area contributed by atoms with Crippen molar-refractivity contribution in [3.05, 3.63) is 105 Å². The maximum Gasteiger partial charge on any atom is 0.255 e. The second kappa shape index (κ2) is 14.9. The fourth-order valence-electron chi connectivity index (χ4n) is 4.73. The molecule has 0 aliphatic carbocycles. The van der Waals surface area contributed by atoms with Crippen LogP contribution in [0.3, 0.4) is 0 Å². The van der Waals surface area contributed by atoms with Crippen LogP contribution < -0.4 is 20.5 Å². The van der Waals surface area contributed by atoms with Crippen molar-refractivity contribution in [2.45, 2.75) is 33.4 Å². The highest BCUT2D eigenvalue weighted by Gasteiger charge is 2.15. The molecule has 1 N–H and O–H groups in total. The van der Waals surface area contributed by atoms with Gasteiger partial charge < -0.3 is 24.3 Å². The van der Waals surface area contributed by atoms with Gasteiger partial charge in [0.2, 0.25) is 0 Å². The summed E-state index contributed by atoms with van der Waals surface area (Å²) < 4.78 is 14.4. The van der Waals surface area contributed by atoms with Crippen LogP contribution in [0, 0.1) is 0 Å². The summed E-state index contributed by atoms with van der Waals surface area (Å²) in [7, 11) is 0. The van der Waals surface area contributed by atoms with Crippen LogP contribution in [0.4, 0.5) is 5.69 Å². The minimum atomic E-state index is 0.0115. The number of nitrogens with one attached hydrogen (secondary N) is 1. The fraction of sp³-hybridized carbons (Fsp3) is 0.344. The molecular formula is C32H38BrN3O3. The highest BCUT2D eigenvalue weighted by atomic mass is 79.9. The predicted octanol–water partition coefficient (Wildman–Crippen LogP) is 6.20. The van der Waals surface area contributed by atoms with E-state index in [0.717, 1.165) is 65.1 Å². The van der Waals surface area contributed by atoms with Crippen LogP contribution in [0.5, 0.6) is 5.75 Å². The Morgan fingerprint density at radius 3 is 2.67 bits per heavy atom. The summed E-state index contributed by atoms with van der Waals surface area (Å²) in [6.45, 7) is 9.28. The highest BCUT2D eigenvalue weighted by molar-refractivity contribution is 9.11. The Labute approximate surface area is 239 Å². The van der Waals surface area contributed by atoms with E-state index in [1.54, 1.807) is 0 Å². The molecule has 0 bridgehead atoms. The van der Waals surface area contributed by atoms with E-state index in [2.05, 4.69) is 63.4 Å². The van der Waals surface area contributed by atoms with Gasteiger partial charge >= 0.3 is 0 Å². The van der Waals surface area contributed by atoms with Gasteiger partial charge in [-0.2, -0.15) is 0 Å². The molecular weight excluding hydrogens is 554 g/mol. The van der Waals surface area contributed by atoms with E-state index in [9.17, 15) is 4.79 Å². The zero-order chi connectivity index (χ0) is 27.5. The highest BCUT2D eigenvalue weighted by Crippen LogP contribution is 2.23. The monoisotopic (exact) mass is 591 g/mol. The van der Waals surface area contributed by atoms with Crippen molar-refractivity contribution in [1.82, 2.24) is 9.88 Å². The number of halogens is 1. The molecule has 3 aromatic rings. The minimum Gasteiger partial charge on any atom is -0.492 e. The largest absolute Gasteiger partial charge is 0.492 e. The Balaban J connectivity index is 1.59. The summed E-state index contributed by atoms with van der Waals surface area (Å²) in [6, 6.07) is 18.2. The molecule has 0 atom stereocenters. The van der Waals surface area contributed by atoms with E-state index in [4.69, 9.17) is 9.47 Å². The number of para-hydroxylation sites is 1. The van der Waals surface area contributed by atoms with E-state index >= 15 is 0 Å². The first-order valence-corrected chi connectivity index (χ1v) is 14.4. The second-order valence-electron chi connectivity index (χ2n) is 9.45. The molecule has 2 heterocycles. The molecule has 39 heavy (non-hydrogen) atoms. The van der Waals surface area contributed by atoms with Crippen LogP contribution in [-0.2, 0) is 17.8 Å². The van der Waals surface area contributed by atoms with E-state index < -0.39 is 0 Å². The lowest BCUT2D eigenvalue weighted by molar-refractivity contribution is 0.122. The average molecular weight is 593 g/mol. The van der Waals surface area contributed by atoms with Crippen LogP contribution >= 0.6 is 15.9 Å². The molecule has 0 unspecified atom stereocenters. The average Bonchev–Trinajstić information content (AvgIpc) is 2.95. The summed E-state index contributed by atoms with van der Waals surface area (Å²) >= 11 is 3.60. The quantitative estimate of drug-likeness (QED) is 0.254. The van der Waals surface area contributed by atoms with Crippen LogP contribution in [0.1, 0.15) is 25.8 Å². The number of hydrogen-bond acceptors (Lipinski definition) is 5. The molecule has 1 aliphatic heterocycles. The zero-order valence-electron chi connectivity index (χ0n) is 22.9. The third-order valence-corrected chi connectivity index (χ3v) is 7.11. The van der Waals surface area contributed by atoms with E-state index in [1.165, 1.54) is 5.57 Å². The van der Waals surface area contributed by atoms with E-state index in [1.807, 2.05) is 60.0 Å².